The molecule has 0 aromatic heterocycles. The Hall–Kier alpha value is -2.68. The van der Waals surface area contributed by atoms with Gasteiger partial charge in [-0.25, -0.2) is 8.42 Å². The lowest BCUT2D eigenvalue weighted by Gasteiger charge is -2.28. The highest BCUT2D eigenvalue weighted by molar-refractivity contribution is 7.98. The number of thioether (sulfide) groups is 1. The molecule has 1 N–H and O–H groups in total. The van der Waals surface area contributed by atoms with Gasteiger partial charge in [-0.1, -0.05) is 41.9 Å². The topological polar surface area (TPSA) is 75.7 Å². The van der Waals surface area contributed by atoms with Gasteiger partial charge in [-0.3, -0.25) is 9.10 Å². The Labute approximate surface area is 210 Å². The van der Waals surface area contributed by atoms with Gasteiger partial charge in [0.25, 0.3) is 0 Å². The van der Waals surface area contributed by atoms with E-state index in [-0.39, 0.29) is 10.7 Å². The Balaban J connectivity index is 1.75. The van der Waals surface area contributed by atoms with Crippen LogP contribution in [0.1, 0.15) is 18.1 Å². The zero-order valence-electron chi connectivity index (χ0n) is 19.4. The lowest BCUT2D eigenvalue weighted by atomic mass is 10.1. The molecule has 0 saturated heterocycles. The monoisotopic (exact) mass is 518 g/mol. The Morgan fingerprint density at radius 1 is 1.12 bits per heavy atom. The van der Waals surface area contributed by atoms with Gasteiger partial charge in [0.2, 0.25) is 15.9 Å². The van der Waals surface area contributed by atoms with Crippen molar-refractivity contribution in [1.82, 2.24) is 0 Å². The number of nitrogens with zero attached hydrogens (tertiary/aromatic N) is 1. The highest BCUT2D eigenvalue weighted by Crippen LogP contribution is 2.32. The molecule has 0 bridgehead atoms. The number of rotatable bonds is 9. The number of nitrogens with one attached hydrogen (secondary N) is 1. The quantitative estimate of drug-likeness (QED) is 0.365. The summed E-state index contributed by atoms with van der Waals surface area (Å²) in [6.45, 7) is 3.45. The average Bonchev–Trinajstić information content (AvgIpc) is 2.79. The first-order chi connectivity index (χ1) is 16.1. The summed E-state index contributed by atoms with van der Waals surface area (Å²) < 4.78 is 31.3. The van der Waals surface area contributed by atoms with E-state index in [2.05, 4.69) is 17.4 Å². The Kier molecular flexibility index (Phi) is 8.52. The van der Waals surface area contributed by atoms with Gasteiger partial charge in [0, 0.05) is 16.3 Å². The van der Waals surface area contributed by atoms with E-state index in [4.69, 9.17) is 16.3 Å². The van der Waals surface area contributed by atoms with Crippen LogP contribution in [-0.2, 0) is 20.6 Å². The molecule has 9 heteroatoms. The van der Waals surface area contributed by atoms with Crippen molar-refractivity contribution in [1.29, 1.82) is 0 Å². The van der Waals surface area contributed by atoms with E-state index in [9.17, 15) is 13.2 Å². The number of halogens is 1. The fourth-order valence-corrected chi connectivity index (χ4v) is 5.76. The van der Waals surface area contributed by atoms with Crippen LogP contribution in [0.2, 0.25) is 5.02 Å². The van der Waals surface area contributed by atoms with Gasteiger partial charge >= 0.3 is 0 Å². The summed E-state index contributed by atoms with van der Waals surface area (Å²) in [5, 5.41) is 3.11. The Bertz CT molecular complexity index is 1270. The number of carbonyl (C=O) groups is 1. The van der Waals surface area contributed by atoms with Gasteiger partial charge in [0.1, 0.15) is 11.8 Å². The van der Waals surface area contributed by atoms with Crippen LogP contribution in [0.4, 0.5) is 11.4 Å². The van der Waals surface area contributed by atoms with Gasteiger partial charge in [0.15, 0.2) is 0 Å². The Morgan fingerprint density at radius 2 is 1.82 bits per heavy atom. The molecule has 3 aromatic carbocycles. The molecule has 0 aliphatic heterocycles. The predicted octanol–water partition coefficient (Wildman–Crippen LogP) is 5.74. The number of aryl methyl sites for hydroxylation is 1. The van der Waals surface area contributed by atoms with Crippen LogP contribution < -0.4 is 14.4 Å². The van der Waals surface area contributed by atoms with Crippen molar-refractivity contribution in [2.24, 2.45) is 0 Å². The third kappa shape index (κ3) is 6.46. The number of methoxy groups -OCH3 is 1. The maximum absolute atomic E-state index is 13.1. The average molecular weight is 519 g/mol. The Morgan fingerprint density at radius 3 is 2.41 bits per heavy atom. The van der Waals surface area contributed by atoms with Crippen LogP contribution in [0.5, 0.6) is 5.75 Å². The lowest BCUT2D eigenvalue weighted by molar-refractivity contribution is -0.116. The minimum Gasteiger partial charge on any atom is -0.495 e. The number of anilines is 2. The van der Waals surface area contributed by atoms with Gasteiger partial charge in [-0.2, -0.15) is 0 Å². The van der Waals surface area contributed by atoms with E-state index in [0.717, 1.165) is 27.4 Å². The maximum atomic E-state index is 13.1. The fraction of sp³-hybridized carbons (Fsp3) is 0.240. The number of ether oxygens (including phenoxy) is 1. The number of hydrogen-bond donors (Lipinski definition) is 1. The van der Waals surface area contributed by atoms with E-state index in [1.165, 1.54) is 25.0 Å². The van der Waals surface area contributed by atoms with Crippen LogP contribution >= 0.6 is 23.4 Å². The summed E-state index contributed by atoms with van der Waals surface area (Å²) >= 11 is 7.92. The molecule has 0 aliphatic rings. The third-order valence-electron chi connectivity index (χ3n) is 5.18. The van der Waals surface area contributed by atoms with Crippen molar-refractivity contribution >= 4 is 50.7 Å². The fourth-order valence-electron chi connectivity index (χ4n) is 3.48. The van der Waals surface area contributed by atoms with E-state index in [1.54, 1.807) is 23.9 Å². The largest absolute Gasteiger partial charge is 0.495 e. The van der Waals surface area contributed by atoms with Crippen LogP contribution in [0, 0.1) is 6.92 Å². The molecular weight excluding hydrogens is 492 g/mol. The highest BCUT2D eigenvalue weighted by atomic mass is 35.5. The molecule has 0 heterocycles. The van der Waals surface area contributed by atoms with Crippen LogP contribution in [0.3, 0.4) is 0 Å². The minimum absolute atomic E-state index is 0.251. The third-order valence-corrected chi connectivity index (χ3v) is 7.80. The molecule has 1 amide bonds. The molecule has 180 valence electrons. The molecule has 3 aromatic rings. The molecule has 3 rings (SSSR count). The standard InChI is InChI=1S/C25H27ClN2O4S2/c1-17-14-19(16-33-21-8-6-5-7-9-21)10-12-23(17)27-25(29)18(2)28(34(4,30)31)20-11-13-24(32-3)22(26)15-20/h5-15,18H,16H2,1-4H3,(H,27,29)/t18-/m0/s1. The highest BCUT2D eigenvalue weighted by Gasteiger charge is 2.30. The number of hydrogen-bond acceptors (Lipinski definition) is 5. The number of sulfonamides is 1. The zero-order valence-corrected chi connectivity index (χ0v) is 21.8. The summed E-state index contributed by atoms with van der Waals surface area (Å²) in [5.74, 6) is 0.763. The smallest absolute Gasteiger partial charge is 0.248 e. The summed E-state index contributed by atoms with van der Waals surface area (Å²) in [4.78, 5) is 14.2. The zero-order chi connectivity index (χ0) is 24.9. The normalized spacial score (nSPS) is 12.1. The second-order valence-corrected chi connectivity index (χ2v) is 11.1. The number of amides is 1. The van der Waals surface area contributed by atoms with Crippen molar-refractivity contribution in [3.05, 3.63) is 82.9 Å². The molecule has 0 aliphatic carbocycles. The van der Waals surface area contributed by atoms with Crippen molar-refractivity contribution in [3.8, 4) is 5.75 Å². The molecular formula is C25H27ClN2O4S2. The molecule has 34 heavy (non-hydrogen) atoms. The van der Waals surface area contributed by atoms with Gasteiger partial charge in [0.05, 0.1) is 24.1 Å². The van der Waals surface area contributed by atoms with Gasteiger partial charge < -0.3 is 10.1 Å². The van der Waals surface area contributed by atoms with Gasteiger partial charge in [-0.15, -0.1) is 11.8 Å². The number of benzene rings is 3. The SMILES string of the molecule is COc1ccc(N([C@@H](C)C(=O)Nc2ccc(CSc3ccccc3)cc2C)S(C)(=O)=O)cc1Cl. The van der Waals surface area contributed by atoms with E-state index < -0.39 is 22.0 Å². The number of carbonyl (C=O) groups excluding carboxylic acids is 1. The maximum Gasteiger partial charge on any atom is 0.248 e. The van der Waals surface area contributed by atoms with Crippen molar-refractivity contribution in [2.45, 2.75) is 30.5 Å². The van der Waals surface area contributed by atoms with E-state index >= 15 is 0 Å². The second-order valence-electron chi connectivity index (χ2n) is 7.79. The summed E-state index contributed by atoms with van der Waals surface area (Å²) in [7, 11) is -2.30. The molecule has 1 atom stereocenters. The molecule has 0 radical (unpaired) electrons. The minimum atomic E-state index is -3.77. The van der Waals surface area contributed by atoms with Crippen LogP contribution in [-0.4, -0.2) is 33.7 Å². The predicted molar refractivity (Wildman–Crippen MR) is 141 cm³/mol. The summed E-state index contributed by atoms with van der Waals surface area (Å²) in [5.41, 5.74) is 2.93. The van der Waals surface area contributed by atoms with E-state index in [1.807, 2.05) is 43.3 Å². The summed E-state index contributed by atoms with van der Waals surface area (Å²) in [6, 6.07) is 19.5. The van der Waals surface area contributed by atoms with Crippen molar-refractivity contribution in [2.75, 3.05) is 23.0 Å². The first-order valence-corrected chi connectivity index (χ1v) is 13.7. The summed E-state index contributed by atoms with van der Waals surface area (Å²) in [6.07, 6.45) is 1.05. The molecule has 6 nitrogen and oxygen atoms in total. The lowest BCUT2D eigenvalue weighted by Crippen LogP contribution is -2.45. The van der Waals surface area contributed by atoms with Crippen LogP contribution in [0.25, 0.3) is 0 Å². The first-order valence-electron chi connectivity index (χ1n) is 10.5. The van der Waals surface area contributed by atoms with Crippen molar-refractivity contribution in [3.63, 3.8) is 0 Å². The van der Waals surface area contributed by atoms with Crippen molar-refractivity contribution < 1.29 is 17.9 Å². The molecule has 0 fully saturated rings. The second kappa shape index (κ2) is 11.2. The van der Waals surface area contributed by atoms with Gasteiger partial charge in [-0.05, 0) is 61.4 Å². The first kappa shape index (κ1) is 25.9. The van der Waals surface area contributed by atoms with E-state index in [0.29, 0.717) is 11.4 Å². The molecule has 0 unspecified atom stereocenters. The van der Waals surface area contributed by atoms with Crippen LogP contribution in [0.15, 0.2) is 71.6 Å². The molecule has 0 spiro atoms. The molecule has 0 saturated carbocycles.